The van der Waals surface area contributed by atoms with Crippen LogP contribution in [0.15, 0.2) is 46.9 Å². The smallest absolute Gasteiger partial charge is 0.132 e. The van der Waals surface area contributed by atoms with Gasteiger partial charge in [0.25, 0.3) is 0 Å². The Labute approximate surface area is 108 Å². The van der Waals surface area contributed by atoms with Crippen molar-refractivity contribution in [3.63, 3.8) is 0 Å². The van der Waals surface area contributed by atoms with Crippen LogP contribution in [-0.2, 0) is 11.3 Å². The Kier molecular flexibility index (Phi) is 3.92. The van der Waals surface area contributed by atoms with Crippen molar-refractivity contribution in [3.8, 4) is 11.1 Å². The molecular weight excluding hydrogens is 283 g/mol. The first-order valence-electron chi connectivity index (χ1n) is 5.24. The SMILES string of the molecule is COCc1ccccc1-c1ccc(Br)cc1F. The predicted octanol–water partition coefficient (Wildman–Crippen LogP) is 4.40. The van der Waals surface area contributed by atoms with Crippen LogP contribution in [0.2, 0.25) is 0 Å². The number of methoxy groups -OCH3 is 1. The molecule has 0 radical (unpaired) electrons. The summed E-state index contributed by atoms with van der Waals surface area (Å²) in [6.45, 7) is 0.478. The van der Waals surface area contributed by atoms with E-state index in [4.69, 9.17) is 4.74 Å². The third kappa shape index (κ3) is 2.73. The molecular formula is C14H12BrFO. The van der Waals surface area contributed by atoms with Gasteiger partial charge in [0.15, 0.2) is 0 Å². The third-order valence-corrected chi connectivity index (χ3v) is 3.03. The first-order valence-corrected chi connectivity index (χ1v) is 6.04. The normalized spacial score (nSPS) is 10.5. The fourth-order valence-corrected chi connectivity index (χ4v) is 2.11. The van der Waals surface area contributed by atoms with Crippen molar-refractivity contribution in [1.82, 2.24) is 0 Å². The van der Waals surface area contributed by atoms with E-state index in [-0.39, 0.29) is 5.82 Å². The highest BCUT2D eigenvalue weighted by Gasteiger charge is 2.09. The van der Waals surface area contributed by atoms with Crippen LogP contribution in [0.3, 0.4) is 0 Å². The van der Waals surface area contributed by atoms with Crippen LogP contribution in [0.1, 0.15) is 5.56 Å². The minimum absolute atomic E-state index is 0.233. The summed E-state index contributed by atoms with van der Waals surface area (Å²) in [5.41, 5.74) is 2.46. The maximum absolute atomic E-state index is 13.9. The Morgan fingerprint density at radius 3 is 2.59 bits per heavy atom. The van der Waals surface area contributed by atoms with Crippen molar-refractivity contribution in [3.05, 3.63) is 58.3 Å². The zero-order valence-corrected chi connectivity index (χ0v) is 11.0. The van der Waals surface area contributed by atoms with Gasteiger partial charge in [0.2, 0.25) is 0 Å². The number of hydrogen-bond acceptors (Lipinski definition) is 1. The summed E-state index contributed by atoms with van der Waals surface area (Å²) in [6, 6.07) is 12.8. The molecule has 0 N–H and O–H groups in total. The minimum atomic E-state index is -0.233. The van der Waals surface area contributed by atoms with E-state index in [0.29, 0.717) is 12.2 Å². The largest absolute Gasteiger partial charge is 0.380 e. The fourth-order valence-electron chi connectivity index (χ4n) is 1.77. The van der Waals surface area contributed by atoms with Crippen molar-refractivity contribution in [2.75, 3.05) is 7.11 Å². The first kappa shape index (κ1) is 12.3. The Morgan fingerprint density at radius 2 is 1.88 bits per heavy atom. The summed E-state index contributed by atoms with van der Waals surface area (Å²) in [6.07, 6.45) is 0. The van der Waals surface area contributed by atoms with Crippen molar-refractivity contribution >= 4 is 15.9 Å². The molecule has 1 nitrogen and oxygen atoms in total. The molecule has 3 heteroatoms. The molecule has 0 heterocycles. The van der Waals surface area contributed by atoms with E-state index in [2.05, 4.69) is 15.9 Å². The highest BCUT2D eigenvalue weighted by Crippen LogP contribution is 2.28. The number of rotatable bonds is 3. The second kappa shape index (κ2) is 5.43. The van der Waals surface area contributed by atoms with E-state index in [0.717, 1.165) is 15.6 Å². The lowest BCUT2D eigenvalue weighted by atomic mass is 10.00. The molecule has 0 aromatic heterocycles. The van der Waals surface area contributed by atoms with Gasteiger partial charge in [0.05, 0.1) is 6.61 Å². The highest BCUT2D eigenvalue weighted by molar-refractivity contribution is 9.10. The average molecular weight is 295 g/mol. The fraction of sp³-hybridized carbons (Fsp3) is 0.143. The van der Waals surface area contributed by atoms with Gasteiger partial charge in [-0.2, -0.15) is 0 Å². The Balaban J connectivity index is 2.52. The van der Waals surface area contributed by atoms with E-state index in [9.17, 15) is 4.39 Å². The molecule has 2 aromatic carbocycles. The summed E-state index contributed by atoms with van der Waals surface area (Å²) in [5, 5.41) is 0. The van der Waals surface area contributed by atoms with Gasteiger partial charge in [-0.1, -0.05) is 46.3 Å². The molecule has 0 aliphatic carbocycles. The van der Waals surface area contributed by atoms with E-state index in [1.54, 1.807) is 13.2 Å². The lowest BCUT2D eigenvalue weighted by molar-refractivity contribution is 0.185. The van der Waals surface area contributed by atoms with Gasteiger partial charge in [0, 0.05) is 17.1 Å². The van der Waals surface area contributed by atoms with Gasteiger partial charge in [-0.25, -0.2) is 4.39 Å². The van der Waals surface area contributed by atoms with Gasteiger partial charge in [-0.3, -0.25) is 0 Å². The average Bonchev–Trinajstić information content (AvgIpc) is 2.31. The molecule has 0 spiro atoms. The van der Waals surface area contributed by atoms with Crippen LogP contribution < -0.4 is 0 Å². The second-order valence-corrected chi connectivity index (χ2v) is 4.63. The van der Waals surface area contributed by atoms with Crippen LogP contribution >= 0.6 is 15.9 Å². The molecule has 88 valence electrons. The summed E-state index contributed by atoms with van der Waals surface area (Å²) in [7, 11) is 1.63. The molecule has 17 heavy (non-hydrogen) atoms. The van der Waals surface area contributed by atoms with Gasteiger partial charge < -0.3 is 4.74 Å². The van der Waals surface area contributed by atoms with Gasteiger partial charge in [-0.05, 0) is 23.3 Å². The molecule has 0 atom stereocenters. The molecule has 2 aromatic rings. The quantitative estimate of drug-likeness (QED) is 0.815. The second-order valence-electron chi connectivity index (χ2n) is 3.71. The molecule has 0 saturated carbocycles. The monoisotopic (exact) mass is 294 g/mol. The lowest BCUT2D eigenvalue weighted by Crippen LogP contribution is -1.93. The molecule has 0 saturated heterocycles. The highest BCUT2D eigenvalue weighted by atomic mass is 79.9. The van der Waals surface area contributed by atoms with Crippen LogP contribution in [0, 0.1) is 5.82 Å². The Bertz CT molecular complexity index is 525. The topological polar surface area (TPSA) is 9.23 Å². The van der Waals surface area contributed by atoms with E-state index in [1.807, 2.05) is 30.3 Å². The van der Waals surface area contributed by atoms with E-state index < -0.39 is 0 Å². The summed E-state index contributed by atoms with van der Waals surface area (Å²) in [5.74, 6) is -0.233. The van der Waals surface area contributed by atoms with Crippen LogP contribution in [0.5, 0.6) is 0 Å². The number of ether oxygens (including phenoxy) is 1. The molecule has 0 bridgehead atoms. The van der Waals surface area contributed by atoms with Crippen LogP contribution in [-0.4, -0.2) is 7.11 Å². The molecule has 0 amide bonds. The van der Waals surface area contributed by atoms with Crippen LogP contribution in [0.4, 0.5) is 4.39 Å². The zero-order valence-electron chi connectivity index (χ0n) is 9.41. The van der Waals surface area contributed by atoms with Crippen LogP contribution in [0.25, 0.3) is 11.1 Å². The van der Waals surface area contributed by atoms with Crippen molar-refractivity contribution in [2.24, 2.45) is 0 Å². The van der Waals surface area contributed by atoms with E-state index in [1.165, 1.54) is 6.07 Å². The first-order chi connectivity index (χ1) is 8.22. The van der Waals surface area contributed by atoms with E-state index >= 15 is 0 Å². The van der Waals surface area contributed by atoms with Gasteiger partial charge >= 0.3 is 0 Å². The standard InChI is InChI=1S/C14H12BrFO/c1-17-9-10-4-2-3-5-12(10)13-7-6-11(15)8-14(13)16/h2-8H,9H2,1H3. The molecule has 0 fully saturated rings. The Morgan fingerprint density at radius 1 is 1.12 bits per heavy atom. The van der Waals surface area contributed by atoms with Crippen molar-refractivity contribution in [2.45, 2.75) is 6.61 Å². The predicted molar refractivity (Wildman–Crippen MR) is 70.2 cm³/mol. The molecule has 0 aliphatic heterocycles. The number of benzene rings is 2. The van der Waals surface area contributed by atoms with Crippen molar-refractivity contribution < 1.29 is 9.13 Å². The molecule has 0 unspecified atom stereocenters. The third-order valence-electron chi connectivity index (χ3n) is 2.54. The summed E-state index contributed by atoms with van der Waals surface area (Å²) in [4.78, 5) is 0. The minimum Gasteiger partial charge on any atom is -0.380 e. The Hall–Kier alpha value is -1.19. The number of halogens is 2. The molecule has 0 aliphatic rings. The summed E-state index contributed by atoms with van der Waals surface area (Å²) < 4.78 is 19.7. The molecule has 2 rings (SSSR count). The zero-order chi connectivity index (χ0) is 12.3. The lowest BCUT2D eigenvalue weighted by Gasteiger charge is -2.10. The maximum atomic E-state index is 13.9. The number of hydrogen-bond donors (Lipinski definition) is 0. The van der Waals surface area contributed by atoms with Gasteiger partial charge in [0.1, 0.15) is 5.82 Å². The maximum Gasteiger partial charge on any atom is 0.132 e. The summed E-state index contributed by atoms with van der Waals surface area (Å²) >= 11 is 3.25. The van der Waals surface area contributed by atoms with Crippen molar-refractivity contribution in [1.29, 1.82) is 0 Å². The van der Waals surface area contributed by atoms with Gasteiger partial charge in [-0.15, -0.1) is 0 Å².